The SMILES string of the molecule is CNC(=O)CSc1nc2cc(Cl)ccc2c(=O)n1-c1cccc(Cl)c1. The smallest absolute Gasteiger partial charge is 0.266 e. The Kier molecular flexibility index (Phi) is 5.32. The first kappa shape index (κ1) is 17.8. The monoisotopic (exact) mass is 393 g/mol. The van der Waals surface area contributed by atoms with Crippen molar-refractivity contribution in [2.24, 2.45) is 0 Å². The first-order valence-electron chi connectivity index (χ1n) is 7.31. The van der Waals surface area contributed by atoms with Crippen molar-refractivity contribution in [1.29, 1.82) is 0 Å². The highest BCUT2D eigenvalue weighted by atomic mass is 35.5. The van der Waals surface area contributed by atoms with Crippen LogP contribution in [0.25, 0.3) is 16.6 Å². The molecule has 0 bridgehead atoms. The normalized spacial score (nSPS) is 10.8. The van der Waals surface area contributed by atoms with Crippen molar-refractivity contribution in [3.05, 3.63) is 62.9 Å². The average molecular weight is 394 g/mol. The van der Waals surface area contributed by atoms with Crippen LogP contribution in [0.4, 0.5) is 0 Å². The van der Waals surface area contributed by atoms with Crippen LogP contribution in [0.1, 0.15) is 0 Å². The fourth-order valence-electron chi connectivity index (χ4n) is 2.28. The molecule has 5 nitrogen and oxygen atoms in total. The van der Waals surface area contributed by atoms with Gasteiger partial charge in [0.05, 0.1) is 22.3 Å². The van der Waals surface area contributed by atoms with E-state index in [1.807, 2.05) is 0 Å². The van der Waals surface area contributed by atoms with E-state index in [1.54, 1.807) is 49.5 Å². The number of fused-ring (bicyclic) bond motifs is 1. The maximum atomic E-state index is 13.0. The molecule has 1 amide bonds. The number of aromatic nitrogens is 2. The van der Waals surface area contributed by atoms with Crippen LogP contribution in [0.15, 0.2) is 52.4 Å². The highest BCUT2D eigenvalue weighted by molar-refractivity contribution is 7.99. The summed E-state index contributed by atoms with van der Waals surface area (Å²) in [4.78, 5) is 29.1. The van der Waals surface area contributed by atoms with Crippen LogP contribution in [0, 0.1) is 0 Å². The predicted octanol–water partition coefficient (Wildman–Crippen LogP) is 3.53. The number of hydrogen-bond acceptors (Lipinski definition) is 4. The molecular weight excluding hydrogens is 381 g/mol. The van der Waals surface area contributed by atoms with Crippen molar-refractivity contribution < 1.29 is 4.79 Å². The number of halogens is 2. The zero-order valence-corrected chi connectivity index (χ0v) is 15.5. The summed E-state index contributed by atoms with van der Waals surface area (Å²) in [6.45, 7) is 0. The number of carbonyl (C=O) groups excluding carboxylic acids is 1. The second-order valence-corrected chi connectivity index (χ2v) is 6.95. The Morgan fingerprint density at radius 3 is 2.68 bits per heavy atom. The summed E-state index contributed by atoms with van der Waals surface area (Å²) in [5, 5.41) is 4.37. The Bertz CT molecular complexity index is 1020. The lowest BCUT2D eigenvalue weighted by atomic mass is 10.2. The zero-order valence-electron chi connectivity index (χ0n) is 13.1. The van der Waals surface area contributed by atoms with Crippen LogP contribution < -0.4 is 10.9 Å². The summed E-state index contributed by atoms with van der Waals surface area (Å²) in [5.41, 5.74) is 0.819. The van der Waals surface area contributed by atoms with E-state index in [0.29, 0.717) is 31.8 Å². The van der Waals surface area contributed by atoms with E-state index in [2.05, 4.69) is 10.3 Å². The number of benzene rings is 2. The maximum Gasteiger partial charge on any atom is 0.266 e. The molecular formula is C17H13Cl2N3O2S. The zero-order chi connectivity index (χ0) is 18.0. The lowest BCUT2D eigenvalue weighted by Crippen LogP contribution is -2.24. The van der Waals surface area contributed by atoms with Gasteiger partial charge in [0.2, 0.25) is 5.91 Å². The molecule has 0 saturated heterocycles. The van der Waals surface area contributed by atoms with Gasteiger partial charge in [0.25, 0.3) is 5.56 Å². The molecule has 1 aromatic heterocycles. The van der Waals surface area contributed by atoms with E-state index >= 15 is 0 Å². The van der Waals surface area contributed by atoms with Crippen molar-refractivity contribution >= 4 is 51.8 Å². The third kappa shape index (κ3) is 3.81. The number of nitrogens with zero attached hydrogens (tertiary/aromatic N) is 2. The summed E-state index contributed by atoms with van der Waals surface area (Å²) in [6, 6.07) is 11.8. The number of nitrogens with one attached hydrogen (secondary N) is 1. The van der Waals surface area contributed by atoms with E-state index in [-0.39, 0.29) is 17.2 Å². The van der Waals surface area contributed by atoms with Crippen molar-refractivity contribution in [3.63, 3.8) is 0 Å². The van der Waals surface area contributed by atoms with Gasteiger partial charge in [0.1, 0.15) is 0 Å². The molecule has 0 atom stereocenters. The topological polar surface area (TPSA) is 64.0 Å². The molecule has 25 heavy (non-hydrogen) atoms. The highest BCUT2D eigenvalue weighted by Gasteiger charge is 2.15. The molecule has 0 spiro atoms. The van der Waals surface area contributed by atoms with Crippen LogP contribution in [0.5, 0.6) is 0 Å². The Hall–Kier alpha value is -2.02. The van der Waals surface area contributed by atoms with Gasteiger partial charge >= 0.3 is 0 Å². The molecule has 128 valence electrons. The van der Waals surface area contributed by atoms with E-state index in [1.165, 1.54) is 16.3 Å². The van der Waals surface area contributed by atoms with Crippen LogP contribution >= 0.6 is 35.0 Å². The molecule has 8 heteroatoms. The molecule has 0 aliphatic carbocycles. The molecule has 3 aromatic rings. The van der Waals surface area contributed by atoms with Crippen molar-refractivity contribution in [2.75, 3.05) is 12.8 Å². The molecule has 0 aliphatic heterocycles. The minimum Gasteiger partial charge on any atom is -0.358 e. The van der Waals surface area contributed by atoms with E-state index in [0.717, 1.165) is 0 Å². The summed E-state index contributed by atoms with van der Waals surface area (Å²) in [7, 11) is 1.56. The van der Waals surface area contributed by atoms with Crippen molar-refractivity contribution in [3.8, 4) is 5.69 Å². The van der Waals surface area contributed by atoms with Crippen LogP contribution in [-0.4, -0.2) is 28.3 Å². The summed E-state index contributed by atoms with van der Waals surface area (Å²) >= 11 is 13.2. The van der Waals surface area contributed by atoms with Gasteiger partial charge in [-0.25, -0.2) is 4.98 Å². The van der Waals surface area contributed by atoms with Gasteiger partial charge in [0, 0.05) is 17.1 Å². The van der Waals surface area contributed by atoms with E-state index in [9.17, 15) is 9.59 Å². The number of hydrogen-bond donors (Lipinski definition) is 1. The van der Waals surface area contributed by atoms with Gasteiger partial charge in [0.15, 0.2) is 5.16 Å². The van der Waals surface area contributed by atoms with Crippen molar-refractivity contribution in [2.45, 2.75) is 5.16 Å². The standard InChI is InChI=1S/C17H13Cl2N3O2S/c1-20-15(23)9-25-17-21-14-8-11(19)5-6-13(14)16(24)22(17)12-4-2-3-10(18)7-12/h2-8H,9H2,1H3,(H,20,23). The molecule has 0 radical (unpaired) electrons. The third-order valence-corrected chi connectivity index (χ3v) is 4.89. The Balaban J connectivity index is 2.24. The van der Waals surface area contributed by atoms with Gasteiger partial charge in [-0.05, 0) is 36.4 Å². The number of thioether (sulfide) groups is 1. The Morgan fingerprint density at radius 1 is 1.20 bits per heavy atom. The minimum atomic E-state index is -0.247. The van der Waals surface area contributed by atoms with Gasteiger partial charge in [-0.15, -0.1) is 0 Å². The minimum absolute atomic E-state index is 0.135. The molecule has 1 heterocycles. The number of rotatable bonds is 4. The first-order valence-corrected chi connectivity index (χ1v) is 9.05. The molecule has 1 N–H and O–H groups in total. The second-order valence-electron chi connectivity index (χ2n) is 5.14. The lowest BCUT2D eigenvalue weighted by Gasteiger charge is -2.13. The van der Waals surface area contributed by atoms with E-state index < -0.39 is 0 Å². The van der Waals surface area contributed by atoms with Gasteiger partial charge in [-0.3, -0.25) is 14.2 Å². The molecule has 0 aliphatic rings. The molecule has 3 rings (SSSR count). The molecule has 2 aromatic carbocycles. The summed E-state index contributed by atoms with van der Waals surface area (Å²) in [6.07, 6.45) is 0. The average Bonchev–Trinajstić information content (AvgIpc) is 2.59. The molecule has 0 fully saturated rings. The Labute approximate surface area is 158 Å². The maximum absolute atomic E-state index is 13.0. The van der Waals surface area contributed by atoms with Crippen molar-refractivity contribution in [1.82, 2.24) is 14.9 Å². The summed E-state index contributed by atoms with van der Waals surface area (Å²) in [5.74, 6) is -0.0293. The largest absolute Gasteiger partial charge is 0.358 e. The second kappa shape index (κ2) is 7.47. The fourth-order valence-corrected chi connectivity index (χ4v) is 3.52. The summed E-state index contributed by atoms with van der Waals surface area (Å²) < 4.78 is 1.45. The number of carbonyl (C=O) groups is 1. The third-order valence-electron chi connectivity index (χ3n) is 3.48. The highest BCUT2D eigenvalue weighted by Crippen LogP contribution is 2.24. The molecule has 0 unspecified atom stereocenters. The predicted molar refractivity (Wildman–Crippen MR) is 102 cm³/mol. The lowest BCUT2D eigenvalue weighted by molar-refractivity contribution is -0.118. The van der Waals surface area contributed by atoms with Crippen LogP contribution in [-0.2, 0) is 4.79 Å². The van der Waals surface area contributed by atoms with Gasteiger partial charge < -0.3 is 5.32 Å². The van der Waals surface area contributed by atoms with Crippen LogP contribution in [0.2, 0.25) is 10.0 Å². The van der Waals surface area contributed by atoms with E-state index in [4.69, 9.17) is 23.2 Å². The van der Waals surface area contributed by atoms with Gasteiger partial charge in [-0.2, -0.15) is 0 Å². The fraction of sp³-hybridized carbons (Fsp3) is 0.118. The first-order chi connectivity index (χ1) is 12.0. The van der Waals surface area contributed by atoms with Gasteiger partial charge in [-0.1, -0.05) is 41.0 Å². The Morgan fingerprint density at radius 2 is 1.96 bits per heavy atom. The number of amides is 1. The molecule has 0 saturated carbocycles. The quantitative estimate of drug-likeness (QED) is 0.543. The van der Waals surface area contributed by atoms with Crippen LogP contribution in [0.3, 0.4) is 0 Å².